The number of benzene rings is 2. The number of carbonyl (C=O) groups is 2. The van der Waals surface area contributed by atoms with Crippen molar-refractivity contribution in [2.24, 2.45) is 0 Å². The summed E-state index contributed by atoms with van der Waals surface area (Å²) in [6.45, 7) is 1.84. The number of para-hydroxylation sites is 1. The number of rotatable bonds is 6. The summed E-state index contributed by atoms with van der Waals surface area (Å²) in [5.41, 5.74) is 1.04. The van der Waals surface area contributed by atoms with E-state index in [4.69, 9.17) is 4.74 Å². The number of hydrogen-bond acceptors (Lipinski definition) is 6. The van der Waals surface area contributed by atoms with Gasteiger partial charge in [-0.05, 0) is 36.4 Å². The molecule has 10 heteroatoms. The summed E-state index contributed by atoms with van der Waals surface area (Å²) in [6, 6.07) is 13.8. The highest BCUT2D eigenvalue weighted by Crippen LogP contribution is 2.19. The van der Waals surface area contributed by atoms with Gasteiger partial charge in [-0.1, -0.05) is 18.2 Å². The zero-order valence-corrected chi connectivity index (χ0v) is 16.7. The number of esters is 1. The molecule has 0 atom stereocenters. The van der Waals surface area contributed by atoms with E-state index in [0.29, 0.717) is 26.2 Å². The van der Waals surface area contributed by atoms with Crippen molar-refractivity contribution in [3.63, 3.8) is 0 Å². The lowest BCUT2D eigenvalue weighted by atomic mass is 10.2. The molecule has 7 nitrogen and oxygen atoms in total. The van der Waals surface area contributed by atoms with Crippen LogP contribution in [0.2, 0.25) is 0 Å². The normalized spacial score (nSPS) is 14.6. The van der Waals surface area contributed by atoms with Crippen LogP contribution < -0.4 is 4.90 Å². The predicted octanol–water partition coefficient (Wildman–Crippen LogP) is 2.19. The van der Waals surface area contributed by atoms with E-state index in [0.717, 1.165) is 30.0 Å². The molecule has 0 saturated carbocycles. The Balaban J connectivity index is 1.50. The average molecular weight is 438 g/mol. The highest BCUT2D eigenvalue weighted by Gasteiger charge is 2.27. The van der Waals surface area contributed by atoms with Crippen LogP contribution in [-0.4, -0.2) is 63.7 Å². The number of amides is 1. The van der Waals surface area contributed by atoms with Gasteiger partial charge in [0.05, 0.1) is 10.5 Å². The summed E-state index contributed by atoms with van der Waals surface area (Å²) in [5.74, 6) is -4.73. The van der Waals surface area contributed by atoms with Gasteiger partial charge in [-0.3, -0.25) is 4.79 Å². The maximum absolute atomic E-state index is 12.5. The van der Waals surface area contributed by atoms with E-state index in [1.807, 2.05) is 30.3 Å². The van der Waals surface area contributed by atoms with E-state index in [9.17, 15) is 26.8 Å². The van der Waals surface area contributed by atoms with Crippen LogP contribution in [0, 0.1) is 0 Å². The highest BCUT2D eigenvalue weighted by molar-refractivity contribution is 7.91. The lowest BCUT2D eigenvalue weighted by Gasteiger charge is -2.36. The largest absolute Gasteiger partial charge is 0.452 e. The van der Waals surface area contributed by atoms with E-state index >= 15 is 0 Å². The zero-order chi connectivity index (χ0) is 21.7. The topological polar surface area (TPSA) is 84.0 Å². The van der Waals surface area contributed by atoms with Gasteiger partial charge in [0, 0.05) is 31.9 Å². The second-order valence-corrected chi connectivity index (χ2v) is 8.53. The first kappa shape index (κ1) is 21.7. The van der Waals surface area contributed by atoms with Crippen LogP contribution >= 0.6 is 0 Å². The van der Waals surface area contributed by atoms with Gasteiger partial charge in [-0.15, -0.1) is 0 Å². The molecule has 0 aromatic heterocycles. The number of alkyl halides is 2. The fraction of sp³-hybridized carbons (Fsp3) is 0.300. The van der Waals surface area contributed by atoms with Crippen LogP contribution in [0.5, 0.6) is 0 Å². The third kappa shape index (κ3) is 4.93. The molecule has 0 N–H and O–H groups in total. The smallest absolute Gasteiger partial charge is 0.341 e. The summed E-state index contributed by atoms with van der Waals surface area (Å²) in [6.07, 6.45) is 0. The maximum Gasteiger partial charge on any atom is 0.341 e. The van der Waals surface area contributed by atoms with Gasteiger partial charge < -0.3 is 14.5 Å². The molecule has 1 aliphatic rings. The summed E-state index contributed by atoms with van der Waals surface area (Å²) in [7, 11) is -4.73. The van der Waals surface area contributed by atoms with Crippen molar-refractivity contribution in [1.82, 2.24) is 4.90 Å². The van der Waals surface area contributed by atoms with Crippen LogP contribution in [0.3, 0.4) is 0 Å². The number of sulfone groups is 1. The van der Waals surface area contributed by atoms with Gasteiger partial charge >= 0.3 is 11.7 Å². The molecule has 1 saturated heterocycles. The lowest BCUT2D eigenvalue weighted by molar-refractivity contribution is -0.134. The fourth-order valence-electron chi connectivity index (χ4n) is 3.04. The molecule has 30 heavy (non-hydrogen) atoms. The summed E-state index contributed by atoms with van der Waals surface area (Å²) >= 11 is 0. The van der Waals surface area contributed by atoms with Gasteiger partial charge in [0.1, 0.15) is 0 Å². The number of nitrogens with zero attached hydrogens (tertiary/aromatic N) is 2. The first-order chi connectivity index (χ1) is 14.3. The van der Waals surface area contributed by atoms with Crippen molar-refractivity contribution in [3.8, 4) is 0 Å². The van der Waals surface area contributed by atoms with Crippen LogP contribution in [0.25, 0.3) is 0 Å². The van der Waals surface area contributed by atoms with Crippen LogP contribution in [0.15, 0.2) is 59.5 Å². The minimum Gasteiger partial charge on any atom is -0.452 e. The van der Waals surface area contributed by atoms with Crippen LogP contribution in [0.1, 0.15) is 10.4 Å². The first-order valence-corrected chi connectivity index (χ1v) is 10.7. The predicted molar refractivity (Wildman–Crippen MR) is 105 cm³/mol. The monoisotopic (exact) mass is 438 g/mol. The van der Waals surface area contributed by atoms with E-state index in [2.05, 4.69) is 4.90 Å². The molecule has 1 amide bonds. The Hall–Kier alpha value is -3.01. The van der Waals surface area contributed by atoms with Gasteiger partial charge in [-0.25, -0.2) is 13.2 Å². The van der Waals surface area contributed by atoms with Crippen LogP contribution in [0.4, 0.5) is 14.5 Å². The lowest BCUT2D eigenvalue weighted by Crippen LogP contribution is -2.49. The molecular formula is C20H20F2N2O5S. The minimum atomic E-state index is -4.73. The third-order valence-corrected chi connectivity index (χ3v) is 6.13. The molecule has 1 aliphatic heterocycles. The summed E-state index contributed by atoms with van der Waals surface area (Å²) < 4.78 is 52.9. The first-order valence-electron chi connectivity index (χ1n) is 9.16. The Morgan fingerprint density at radius 3 is 2.10 bits per heavy atom. The Kier molecular flexibility index (Phi) is 6.66. The molecular weight excluding hydrogens is 418 g/mol. The van der Waals surface area contributed by atoms with Gasteiger partial charge in [0.2, 0.25) is 9.84 Å². The fourth-order valence-corrected chi connectivity index (χ4v) is 3.76. The van der Waals surface area contributed by atoms with Crippen molar-refractivity contribution in [2.45, 2.75) is 10.7 Å². The highest BCUT2D eigenvalue weighted by atomic mass is 32.2. The number of carbonyl (C=O) groups excluding carboxylic acids is 2. The van der Waals surface area contributed by atoms with E-state index < -0.39 is 33.1 Å². The van der Waals surface area contributed by atoms with Crippen molar-refractivity contribution >= 4 is 27.4 Å². The number of halogens is 2. The standard InChI is InChI=1S/C20H20F2N2O5S/c21-20(22)30(27,28)17-8-6-15(7-9-17)19(26)29-14-18(25)24-12-10-23(11-13-24)16-4-2-1-3-5-16/h1-9,20H,10-14H2. The molecule has 0 aliphatic carbocycles. The summed E-state index contributed by atoms with van der Waals surface area (Å²) in [4.78, 5) is 27.5. The van der Waals surface area contributed by atoms with Crippen molar-refractivity contribution in [1.29, 1.82) is 0 Å². The average Bonchev–Trinajstić information content (AvgIpc) is 2.78. The second kappa shape index (κ2) is 9.21. The SMILES string of the molecule is O=C(OCC(=O)N1CCN(c2ccccc2)CC1)c1ccc(S(=O)(=O)C(F)F)cc1. The minimum absolute atomic E-state index is 0.0371. The Labute approximate surface area is 172 Å². The molecule has 3 rings (SSSR count). The van der Waals surface area contributed by atoms with E-state index in [1.165, 1.54) is 0 Å². The summed E-state index contributed by atoms with van der Waals surface area (Å²) in [5, 5.41) is 0. The van der Waals surface area contributed by atoms with E-state index in [1.54, 1.807) is 4.90 Å². The zero-order valence-electron chi connectivity index (χ0n) is 15.9. The number of anilines is 1. The van der Waals surface area contributed by atoms with Gasteiger partial charge in [-0.2, -0.15) is 8.78 Å². The molecule has 0 radical (unpaired) electrons. The number of piperazine rings is 1. The number of hydrogen-bond donors (Lipinski definition) is 0. The van der Waals surface area contributed by atoms with Gasteiger partial charge in [0.15, 0.2) is 6.61 Å². The van der Waals surface area contributed by atoms with Gasteiger partial charge in [0.25, 0.3) is 5.91 Å². The van der Waals surface area contributed by atoms with Crippen molar-refractivity contribution < 1.29 is 31.5 Å². The van der Waals surface area contributed by atoms with Crippen molar-refractivity contribution in [2.75, 3.05) is 37.7 Å². The molecule has 1 heterocycles. The third-order valence-electron chi connectivity index (χ3n) is 4.73. The molecule has 2 aromatic carbocycles. The molecule has 160 valence electrons. The number of ether oxygens (including phenoxy) is 1. The molecule has 0 bridgehead atoms. The molecule has 2 aromatic rings. The molecule has 0 unspecified atom stereocenters. The second-order valence-electron chi connectivity index (χ2n) is 6.61. The van der Waals surface area contributed by atoms with E-state index in [-0.39, 0.29) is 11.5 Å². The molecule has 0 spiro atoms. The van der Waals surface area contributed by atoms with Crippen LogP contribution in [-0.2, 0) is 19.4 Å². The Bertz CT molecular complexity index is 990. The quantitative estimate of drug-likeness (QED) is 0.643. The maximum atomic E-state index is 12.5. The Morgan fingerprint density at radius 1 is 0.933 bits per heavy atom. The Morgan fingerprint density at radius 2 is 1.53 bits per heavy atom. The van der Waals surface area contributed by atoms with Crippen molar-refractivity contribution in [3.05, 3.63) is 60.2 Å². The molecule has 1 fully saturated rings.